The molecule has 1 unspecified atom stereocenters. The minimum atomic E-state index is -0.573. The zero-order valence-corrected chi connectivity index (χ0v) is 49.1. The molecule has 1 atom stereocenters. The fraction of sp³-hybridized carbons (Fsp3) is 0.739. The maximum atomic E-state index is 12.9. The van der Waals surface area contributed by atoms with Crippen LogP contribution in [-0.2, 0) is 23.8 Å². The molecule has 0 radical (unpaired) electrons. The van der Waals surface area contributed by atoms with Gasteiger partial charge in [-0.15, -0.1) is 0 Å². The van der Waals surface area contributed by atoms with Gasteiger partial charge >= 0.3 is 11.9 Å². The molecule has 0 aromatic heterocycles. The van der Waals surface area contributed by atoms with Crippen molar-refractivity contribution in [3.8, 4) is 0 Å². The largest absolute Gasteiger partial charge is 0.462 e. The van der Waals surface area contributed by atoms with E-state index in [2.05, 4.69) is 118 Å². The van der Waals surface area contributed by atoms with Gasteiger partial charge in [0, 0.05) is 19.4 Å². The highest BCUT2D eigenvalue weighted by atomic mass is 16.6. The fourth-order valence-electron chi connectivity index (χ4n) is 8.91. The fourth-order valence-corrected chi connectivity index (χ4v) is 8.91. The Morgan fingerprint density at radius 2 is 0.608 bits per heavy atom. The number of carbonyl (C=O) groups is 2. The molecule has 0 spiro atoms. The van der Waals surface area contributed by atoms with Gasteiger partial charge in [-0.1, -0.05) is 291 Å². The molecule has 0 heterocycles. The van der Waals surface area contributed by atoms with Crippen LogP contribution in [0.1, 0.15) is 303 Å². The predicted octanol–water partition coefficient (Wildman–Crippen LogP) is 22.1. The average molecular weight is 1030 g/mol. The van der Waals surface area contributed by atoms with E-state index in [1.54, 1.807) is 0 Å². The van der Waals surface area contributed by atoms with Gasteiger partial charge < -0.3 is 14.2 Å². The number of ether oxygens (including phenoxy) is 3. The minimum absolute atomic E-state index is 0.0584. The highest BCUT2D eigenvalue weighted by molar-refractivity contribution is 5.70. The van der Waals surface area contributed by atoms with E-state index >= 15 is 0 Å². The lowest BCUT2D eigenvalue weighted by Crippen LogP contribution is -2.30. The van der Waals surface area contributed by atoms with Crippen LogP contribution < -0.4 is 0 Å². The van der Waals surface area contributed by atoms with Crippen LogP contribution in [0.4, 0.5) is 0 Å². The Bertz CT molecular complexity index is 1400. The van der Waals surface area contributed by atoms with Crippen LogP contribution in [0.3, 0.4) is 0 Å². The van der Waals surface area contributed by atoms with Gasteiger partial charge in [-0.05, 0) is 96.3 Å². The van der Waals surface area contributed by atoms with Crippen LogP contribution in [0.25, 0.3) is 0 Å². The van der Waals surface area contributed by atoms with Gasteiger partial charge in [0.2, 0.25) is 0 Å². The molecular weight excluding hydrogens is 909 g/mol. The topological polar surface area (TPSA) is 61.8 Å². The first-order valence-corrected chi connectivity index (χ1v) is 31.8. The summed E-state index contributed by atoms with van der Waals surface area (Å²) in [4.78, 5) is 25.6. The Balaban J connectivity index is 4.37. The predicted molar refractivity (Wildman–Crippen MR) is 325 cm³/mol. The summed E-state index contributed by atoms with van der Waals surface area (Å²) < 4.78 is 17.5. The van der Waals surface area contributed by atoms with E-state index < -0.39 is 6.10 Å². The number of allylic oxidation sites excluding steroid dienone is 16. The normalized spacial score (nSPS) is 12.9. The maximum Gasteiger partial charge on any atom is 0.306 e. The Morgan fingerprint density at radius 1 is 0.311 bits per heavy atom. The van der Waals surface area contributed by atoms with Gasteiger partial charge in [-0.25, -0.2) is 0 Å². The lowest BCUT2D eigenvalue weighted by atomic mass is 10.0. The second-order valence-corrected chi connectivity index (χ2v) is 20.9. The van der Waals surface area contributed by atoms with Crippen LogP contribution in [0.5, 0.6) is 0 Å². The van der Waals surface area contributed by atoms with E-state index in [0.29, 0.717) is 19.4 Å². The summed E-state index contributed by atoms with van der Waals surface area (Å²) in [6.45, 7) is 7.58. The molecule has 0 amide bonds. The van der Waals surface area contributed by atoms with Gasteiger partial charge in [-0.2, -0.15) is 0 Å². The summed E-state index contributed by atoms with van der Waals surface area (Å²) in [5, 5.41) is 0. The Labute approximate surface area is 460 Å². The summed E-state index contributed by atoms with van der Waals surface area (Å²) >= 11 is 0. The van der Waals surface area contributed by atoms with E-state index in [0.717, 1.165) is 89.9 Å². The van der Waals surface area contributed by atoms with Crippen molar-refractivity contribution >= 4 is 11.9 Å². The highest BCUT2D eigenvalue weighted by Crippen LogP contribution is 2.16. The highest BCUT2D eigenvalue weighted by Gasteiger charge is 2.17. The maximum absolute atomic E-state index is 12.9. The molecule has 0 fully saturated rings. The van der Waals surface area contributed by atoms with Gasteiger partial charge in [0.1, 0.15) is 6.61 Å². The van der Waals surface area contributed by atoms with Crippen LogP contribution in [-0.4, -0.2) is 37.9 Å². The first-order valence-electron chi connectivity index (χ1n) is 31.8. The van der Waals surface area contributed by atoms with Crippen molar-refractivity contribution in [3.63, 3.8) is 0 Å². The van der Waals surface area contributed by atoms with Gasteiger partial charge in [0.05, 0.1) is 6.61 Å². The standard InChI is InChI=1S/C69H120O5/c1-4-7-10-13-16-19-22-25-28-31-34-37-40-43-46-49-52-55-58-61-64-72-65-67(74-69(71)63-60-57-54-51-48-45-42-39-36-33-30-27-24-21-18-15-12-9-6-3)66-73-68(70)62-59-56-53-50-47-44-41-38-35-32-29-26-23-20-17-14-11-8-5-2/h7,10,16-17,19-20,25-26,28-29,34,37,43,46,52,55,67H,4-6,8-9,11-15,18,21-24,27,30-33,35-36,38-42,44-45,47-51,53-54,56-66H2,1-3H3/b10-7-,19-16-,20-17-,28-25-,29-26-,37-34-,46-43-,55-52-. The summed E-state index contributed by atoms with van der Waals surface area (Å²) in [5.74, 6) is -0.424. The molecule has 0 aromatic carbocycles. The van der Waals surface area contributed by atoms with Gasteiger partial charge in [0.25, 0.3) is 0 Å². The van der Waals surface area contributed by atoms with Gasteiger partial charge in [-0.3, -0.25) is 9.59 Å². The van der Waals surface area contributed by atoms with Gasteiger partial charge in [0.15, 0.2) is 6.10 Å². The molecule has 0 aliphatic rings. The first kappa shape index (κ1) is 70.8. The monoisotopic (exact) mass is 1030 g/mol. The molecule has 0 aliphatic carbocycles. The smallest absolute Gasteiger partial charge is 0.306 e. The molecule has 5 heteroatoms. The second kappa shape index (κ2) is 64.1. The minimum Gasteiger partial charge on any atom is -0.462 e. The van der Waals surface area contributed by atoms with Crippen molar-refractivity contribution in [2.75, 3.05) is 19.8 Å². The quantitative estimate of drug-likeness (QED) is 0.0345. The van der Waals surface area contributed by atoms with Crippen LogP contribution in [0.15, 0.2) is 97.2 Å². The molecule has 426 valence electrons. The third-order valence-corrected chi connectivity index (χ3v) is 13.6. The zero-order valence-electron chi connectivity index (χ0n) is 49.1. The van der Waals surface area contributed by atoms with E-state index in [1.807, 2.05) is 0 Å². The van der Waals surface area contributed by atoms with E-state index in [1.165, 1.54) is 180 Å². The number of unbranched alkanes of at least 4 members (excludes halogenated alkanes) is 31. The molecular formula is C69H120O5. The van der Waals surface area contributed by atoms with E-state index in [4.69, 9.17) is 14.2 Å². The number of esters is 2. The third kappa shape index (κ3) is 61.4. The summed E-state index contributed by atoms with van der Waals surface area (Å²) in [7, 11) is 0. The molecule has 0 saturated carbocycles. The van der Waals surface area contributed by atoms with Crippen molar-refractivity contribution in [3.05, 3.63) is 97.2 Å². The second-order valence-electron chi connectivity index (χ2n) is 20.9. The van der Waals surface area contributed by atoms with Crippen LogP contribution in [0, 0.1) is 0 Å². The number of rotatable bonds is 58. The number of carbonyl (C=O) groups excluding carboxylic acids is 2. The molecule has 74 heavy (non-hydrogen) atoms. The van der Waals surface area contributed by atoms with Crippen molar-refractivity contribution < 1.29 is 23.8 Å². The first-order chi connectivity index (χ1) is 36.6. The molecule has 0 aromatic rings. The van der Waals surface area contributed by atoms with Crippen molar-refractivity contribution in [2.45, 2.75) is 309 Å². The molecule has 0 bridgehead atoms. The van der Waals surface area contributed by atoms with Crippen LogP contribution >= 0.6 is 0 Å². The number of hydrogen-bond donors (Lipinski definition) is 0. The Hall–Kier alpha value is -3.18. The van der Waals surface area contributed by atoms with E-state index in [-0.39, 0.29) is 25.2 Å². The lowest BCUT2D eigenvalue weighted by molar-refractivity contribution is -0.163. The van der Waals surface area contributed by atoms with Crippen LogP contribution in [0.2, 0.25) is 0 Å². The summed E-state index contributed by atoms with van der Waals surface area (Å²) in [6.07, 6.45) is 87.4. The summed E-state index contributed by atoms with van der Waals surface area (Å²) in [5.41, 5.74) is 0. The SMILES string of the molecule is CC/C=C\C/C=C\C/C=C\C/C=C\C/C=C\C/C=C\CCCOCC(COC(=O)CCCCCCCCCCC/C=C\C/C=C\CCCCC)OC(=O)CCCCCCCCCCCCCCCCCCCCC. The van der Waals surface area contributed by atoms with E-state index in [9.17, 15) is 9.59 Å². The Kier molecular flexibility index (Phi) is 61.4. The third-order valence-electron chi connectivity index (χ3n) is 13.6. The molecule has 5 nitrogen and oxygen atoms in total. The Morgan fingerprint density at radius 3 is 1.00 bits per heavy atom. The molecule has 0 N–H and O–H groups in total. The van der Waals surface area contributed by atoms with Crippen molar-refractivity contribution in [1.82, 2.24) is 0 Å². The lowest BCUT2D eigenvalue weighted by Gasteiger charge is -2.18. The van der Waals surface area contributed by atoms with Crippen molar-refractivity contribution in [1.29, 1.82) is 0 Å². The molecule has 0 aliphatic heterocycles. The molecule has 0 saturated heterocycles. The van der Waals surface area contributed by atoms with Crippen molar-refractivity contribution in [2.24, 2.45) is 0 Å². The average Bonchev–Trinajstić information content (AvgIpc) is 3.40. The summed E-state index contributed by atoms with van der Waals surface area (Å²) in [6, 6.07) is 0. The number of hydrogen-bond acceptors (Lipinski definition) is 5. The zero-order chi connectivity index (χ0) is 53.4. The molecule has 0 rings (SSSR count).